The number of rotatable bonds is 2. The maximum atomic E-state index is 4.48. The first-order valence-corrected chi connectivity index (χ1v) is 7.47. The van der Waals surface area contributed by atoms with E-state index in [1.54, 1.807) is 12.4 Å². The lowest BCUT2D eigenvalue weighted by atomic mass is 10.2. The number of nitrogens with zero attached hydrogens (tertiary/aromatic N) is 7. The Morgan fingerprint density at radius 2 is 1.95 bits per heavy atom. The van der Waals surface area contributed by atoms with Gasteiger partial charge in [0.15, 0.2) is 5.82 Å². The second-order valence-electron chi connectivity index (χ2n) is 5.76. The van der Waals surface area contributed by atoms with Crippen LogP contribution in [0.1, 0.15) is 30.5 Å². The molecule has 1 unspecified atom stereocenters. The van der Waals surface area contributed by atoms with Gasteiger partial charge in [0, 0.05) is 32.0 Å². The van der Waals surface area contributed by atoms with Crippen LogP contribution >= 0.6 is 0 Å². The first-order valence-electron chi connectivity index (χ1n) is 7.47. The van der Waals surface area contributed by atoms with Crippen LogP contribution in [0.15, 0.2) is 18.5 Å². The highest BCUT2D eigenvalue weighted by Gasteiger charge is 2.33. The minimum atomic E-state index is 0.247. The number of fused-ring (bicyclic) bond motifs is 1. The summed E-state index contributed by atoms with van der Waals surface area (Å²) in [5.41, 5.74) is 0. The Kier molecular flexibility index (Phi) is 3.07. The van der Waals surface area contributed by atoms with E-state index >= 15 is 0 Å². The standard InChI is InChI=1S/C14H19N7/c1-19-8-9-21-12(10-19)17-18-13(21)11-4-2-7-20(11)14-15-5-3-6-16-14/h3,5-6,11H,2,4,7-10H2,1H3. The van der Waals surface area contributed by atoms with Crippen molar-refractivity contribution >= 4 is 5.95 Å². The van der Waals surface area contributed by atoms with Crippen LogP contribution < -0.4 is 4.90 Å². The van der Waals surface area contributed by atoms with Crippen LogP contribution in [0.2, 0.25) is 0 Å². The fourth-order valence-electron chi connectivity index (χ4n) is 3.26. The molecular formula is C14H19N7. The molecule has 1 saturated heterocycles. The molecule has 1 atom stereocenters. The van der Waals surface area contributed by atoms with Crippen molar-refractivity contribution in [1.29, 1.82) is 0 Å². The van der Waals surface area contributed by atoms with Crippen LogP contribution in [0, 0.1) is 0 Å². The van der Waals surface area contributed by atoms with Gasteiger partial charge in [0.2, 0.25) is 5.95 Å². The highest BCUT2D eigenvalue weighted by atomic mass is 15.4. The Hall–Kier alpha value is -2.02. The lowest BCUT2D eigenvalue weighted by Gasteiger charge is -2.27. The van der Waals surface area contributed by atoms with Gasteiger partial charge in [-0.15, -0.1) is 10.2 Å². The molecule has 21 heavy (non-hydrogen) atoms. The third-order valence-corrected chi connectivity index (χ3v) is 4.33. The van der Waals surface area contributed by atoms with Gasteiger partial charge >= 0.3 is 0 Å². The van der Waals surface area contributed by atoms with Crippen molar-refractivity contribution in [1.82, 2.24) is 29.6 Å². The van der Waals surface area contributed by atoms with Crippen molar-refractivity contribution in [2.24, 2.45) is 0 Å². The molecule has 0 spiro atoms. The summed E-state index contributed by atoms with van der Waals surface area (Å²) >= 11 is 0. The molecule has 0 bridgehead atoms. The van der Waals surface area contributed by atoms with Gasteiger partial charge in [0.05, 0.1) is 12.6 Å². The summed E-state index contributed by atoms with van der Waals surface area (Å²) in [4.78, 5) is 13.3. The SMILES string of the molecule is CN1CCn2c(nnc2C2CCCN2c2ncccn2)C1. The molecule has 7 heteroatoms. The topological polar surface area (TPSA) is 63.0 Å². The molecule has 0 radical (unpaired) electrons. The fourth-order valence-corrected chi connectivity index (χ4v) is 3.26. The van der Waals surface area contributed by atoms with Crippen LogP contribution in [0.3, 0.4) is 0 Å². The van der Waals surface area contributed by atoms with E-state index in [1.807, 2.05) is 6.07 Å². The molecule has 2 aromatic rings. The quantitative estimate of drug-likeness (QED) is 0.815. The van der Waals surface area contributed by atoms with Crippen LogP contribution in [0.5, 0.6) is 0 Å². The van der Waals surface area contributed by atoms with Gasteiger partial charge in [0.25, 0.3) is 0 Å². The van der Waals surface area contributed by atoms with Gasteiger partial charge in [-0.05, 0) is 26.0 Å². The molecular weight excluding hydrogens is 266 g/mol. The molecule has 0 saturated carbocycles. The largest absolute Gasteiger partial charge is 0.331 e. The lowest BCUT2D eigenvalue weighted by Crippen LogP contribution is -2.33. The maximum Gasteiger partial charge on any atom is 0.225 e. The van der Waals surface area contributed by atoms with Crippen molar-refractivity contribution in [3.05, 3.63) is 30.1 Å². The first-order chi connectivity index (χ1) is 10.3. The smallest absolute Gasteiger partial charge is 0.225 e. The van der Waals surface area contributed by atoms with Gasteiger partial charge < -0.3 is 9.47 Å². The number of hydrogen-bond donors (Lipinski definition) is 0. The van der Waals surface area contributed by atoms with E-state index in [0.29, 0.717) is 0 Å². The second kappa shape index (κ2) is 5.07. The average Bonchev–Trinajstić information content (AvgIpc) is 3.13. The van der Waals surface area contributed by atoms with E-state index < -0.39 is 0 Å². The summed E-state index contributed by atoms with van der Waals surface area (Å²) in [6.07, 6.45) is 5.83. The highest BCUT2D eigenvalue weighted by molar-refractivity contribution is 5.34. The van der Waals surface area contributed by atoms with Crippen molar-refractivity contribution in [3.8, 4) is 0 Å². The third kappa shape index (κ3) is 2.17. The van der Waals surface area contributed by atoms with Crippen molar-refractivity contribution in [3.63, 3.8) is 0 Å². The predicted octanol–water partition coefficient (Wildman–Crippen LogP) is 0.855. The van der Waals surface area contributed by atoms with Crippen LogP contribution in [0.4, 0.5) is 5.95 Å². The van der Waals surface area contributed by atoms with Gasteiger partial charge in [-0.2, -0.15) is 0 Å². The molecule has 110 valence electrons. The molecule has 2 aliphatic rings. The second-order valence-corrected chi connectivity index (χ2v) is 5.76. The Bertz CT molecular complexity index is 624. The number of anilines is 1. The zero-order valence-electron chi connectivity index (χ0n) is 12.2. The Labute approximate surface area is 123 Å². The summed E-state index contributed by atoms with van der Waals surface area (Å²) in [6, 6.07) is 2.10. The minimum Gasteiger partial charge on any atom is -0.331 e. The fraction of sp³-hybridized carbons (Fsp3) is 0.571. The van der Waals surface area contributed by atoms with Crippen LogP contribution in [0.25, 0.3) is 0 Å². The number of hydrogen-bond acceptors (Lipinski definition) is 6. The van der Waals surface area contributed by atoms with E-state index in [9.17, 15) is 0 Å². The van der Waals surface area contributed by atoms with E-state index in [-0.39, 0.29) is 6.04 Å². The molecule has 0 N–H and O–H groups in total. The van der Waals surface area contributed by atoms with Crippen molar-refractivity contribution < 1.29 is 0 Å². The van der Waals surface area contributed by atoms with Crippen LogP contribution in [-0.4, -0.2) is 49.8 Å². The monoisotopic (exact) mass is 285 g/mol. The van der Waals surface area contributed by atoms with Gasteiger partial charge in [-0.25, -0.2) is 9.97 Å². The highest BCUT2D eigenvalue weighted by Crippen LogP contribution is 2.34. The molecule has 1 fully saturated rings. The predicted molar refractivity (Wildman–Crippen MR) is 77.7 cm³/mol. The van der Waals surface area contributed by atoms with Gasteiger partial charge in [0.1, 0.15) is 5.82 Å². The molecule has 4 rings (SSSR count). The summed E-state index contributed by atoms with van der Waals surface area (Å²) < 4.78 is 2.28. The number of likely N-dealkylation sites (N-methyl/N-ethyl adjacent to an activating group) is 1. The average molecular weight is 285 g/mol. The van der Waals surface area contributed by atoms with E-state index in [1.165, 1.54) is 0 Å². The Balaban J connectivity index is 1.67. The van der Waals surface area contributed by atoms with Gasteiger partial charge in [-0.3, -0.25) is 4.90 Å². The molecule has 7 nitrogen and oxygen atoms in total. The minimum absolute atomic E-state index is 0.247. The molecule has 4 heterocycles. The number of aromatic nitrogens is 5. The summed E-state index contributed by atoms with van der Waals surface area (Å²) in [6.45, 7) is 3.87. The zero-order chi connectivity index (χ0) is 14.2. The van der Waals surface area contributed by atoms with Crippen LogP contribution in [-0.2, 0) is 13.1 Å². The van der Waals surface area contributed by atoms with Gasteiger partial charge in [-0.1, -0.05) is 0 Å². The zero-order valence-corrected chi connectivity index (χ0v) is 12.2. The molecule has 0 aromatic carbocycles. The first kappa shape index (κ1) is 12.7. The van der Waals surface area contributed by atoms with E-state index in [0.717, 1.165) is 56.6 Å². The summed E-state index contributed by atoms with van der Waals surface area (Å²) in [5.74, 6) is 2.94. The molecule has 2 aliphatic heterocycles. The van der Waals surface area contributed by atoms with E-state index in [4.69, 9.17) is 0 Å². The molecule has 0 amide bonds. The lowest BCUT2D eigenvalue weighted by molar-refractivity contribution is 0.261. The maximum absolute atomic E-state index is 4.48. The van der Waals surface area contributed by atoms with E-state index in [2.05, 4.69) is 41.6 Å². The molecule has 2 aromatic heterocycles. The van der Waals surface area contributed by atoms with Crippen molar-refractivity contribution in [2.75, 3.05) is 25.0 Å². The summed E-state index contributed by atoms with van der Waals surface area (Å²) in [5, 5.41) is 8.86. The molecule has 0 aliphatic carbocycles. The Morgan fingerprint density at radius 3 is 2.81 bits per heavy atom. The summed E-state index contributed by atoms with van der Waals surface area (Å²) in [7, 11) is 2.12. The van der Waals surface area contributed by atoms with Crippen molar-refractivity contribution in [2.45, 2.75) is 32.0 Å². The Morgan fingerprint density at radius 1 is 1.10 bits per heavy atom. The normalized spacial score (nSPS) is 22.5. The third-order valence-electron chi connectivity index (χ3n) is 4.33.